The minimum atomic E-state index is -0.629. The Labute approximate surface area is 154 Å². The van der Waals surface area contributed by atoms with Crippen LogP contribution in [-0.4, -0.2) is 44.0 Å². The molecule has 7 heteroatoms. The molecule has 1 aromatic rings. The lowest BCUT2D eigenvalue weighted by Crippen LogP contribution is -2.42. The molecule has 2 rings (SSSR count). The third-order valence-corrected chi connectivity index (χ3v) is 4.00. The third-order valence-electron chi connectivity index (χ3n) is 4.00. The third kappa shape index (κ3) is 5.72. The molecule has 4 N–H and O–H groups in total. The zero-order valence-electron chi connectivity index (χ0n) is 13.7. The van der Waals surface area contributed by atoms with Gasteiger partial charge in [-0.1, -0.05) is 6.07 Å². The van der Waals surface area contributed by atoms with E-state index < -0.39 is 5.60 Å². The van der Waals surface area contributed by atoms with Gasteiger partial charge in [-0.15, -0.1) is 24.0 Å². The van der Waals surface area contributed by atoms with Gasteiger partial charge in [0.15, 0.2) is 17.5 Å². The van der Waals surface area contributed by atoms with Crippen molar-refractivity contribution in [2.24, 2.45) is 10.7 Å². The Bertz CT molecular complexity index is 533. The molecular weight excluding hydrogens is 409 g/mol. The monoisotopic (exact) mass is 435 g/mol. The maximum atomic E-state index is 9.95. The first-order valence-corrected chi connectivity index (χ1v) is 7.53. The second-order valence-corrected chi connectivity index (χ2v) is 5.65. The molecule has 0 aromatic heterocycles. The lowest BCUT2D eigenvalue weighted by atomic mass is 9.80. The number of ether oxygens (including phenoxy) is 2. The van der Waals surface area contributed by atoms with Crippen LogP contribution in [0.5, 0.6) is 11.5 Å². The first kappa shape index (κ1) is 19.8. The van der Waals surface area contributed by atoms with E-state index in [0.717, 1.165) is 31.2 Å². The van der Waals surface area contributed by atoms with E-state index in [1.807, 2.05) is 18.2 Å². The number of aliphatic imine (C=N–C) groups is 1. The summed E-state index contributed by atoms with van der Waals surface area (Å²) in [6.45, 7) is 1.05. The van der Waals surface area contributed by atoms with E-state index in [9.17, 15) is 5.11 Å². The van der Waals surface area contributed by atoms with Gasteiger partial charge < -0.3 is 25.6 Å². The van der Waals surface area contributed by atoms with Crippen LogP contribution in [0.4, 0.5) is 0 Å². The van der Waals surface area contributed by atoms with E-state index >= 15 is 0 Å². The van der Waals surface area contributed by atoms with Crippen molar-refractivity contribution in [2.75, 3.05) is 27.3 Å². The SMILES string of the molecule is COc1ccc(CCNC(N)=NCC2(O)CCC2)cc1OC.I. The molecule has 1 aliphatic rings. The predicted molar refractivity (Wildman–Crippen MR) is 102 cm³/mol. The quantitative estimate of drug-likeness (QED) is 0.345. The Hall–Kier alpha value is -1.22. The minimum Gasteiger partial charge on any atom is -0.493 e. The Morgan fingerprint density at radius 2 is 2.00 bits per heavy atom. The molecule has 0 radical (unpaired) electrons. The highest BCUT2D eigenvalue weighted by molar-refractivity contribution is 14.0. The fraction of sp³-hybridized carbons (Fsp3) is 0.562. The van der Waals surface area contributed by atoms with Gasteiger partial charge in [0.05, 0.1) is 26.4 Å². The average molecular weight is 435 g/mol. The summed E-state index contributed by atoms with van der Waals surface area (Å²) in [5.74, 6) is 1.81. The molecule has 1 aliphatic carbocycles. The number of nitrogens with one attached hydrogen (secondary N) is 1. The first-order chi connectivity index (χ1) is 10.6. The van der Waals surface area contributed by atoms with Crippen LogP contribution in [0.1, 0.15) is 24.8 Å². The van der Waals surface area contributed by atoms with Crippen molar-refractivity contribution in [3.05, 3.63) is 23.8 Å². The van der Waals surface area contributed by atoms with Crippen molar-refractivity contribution in [3.63, 3.8) is 0 Å². The molecule has 0 atom stereocenters. The molecule has 1 fully saturated rings. The maximum Gasteiger partial charge on any atom is 0.188 e. The van der Waals surface area contributed by atoms with E-state index in [1.165, 1.54) is 0 Å². The van der Waals surface area contributed by atoms with Crippen LogP contribution in [0, 0.1) is 0 Å². The van der Waals surface area contributed by atoms with Crippen molar-refractivity contribution >= 4 is 29.9 Å². The normalized spacial score (nSPS) is 16.0. The number of rotatable bonds is 7. The smallest absolute Gasteiger partial charge is 0.188 e. The molecule has 1 aromatic carbocycles. The second kappa shape index (κ2) is 9.17. The van der Waals surface area contributed by atoms with E-state index in [-0.39, 0.29) is 24.0 Å². The minimum absolute atomic E-state index is 0. The molecule has 0 amide bonds. The number of benzene rings is 1. The van der Waals surface area contributed by atoms with E-state index in [2.05, 4.69) is 10.3 Å². The summed E-state index contributed by atoms with van der Waals surface area (Å²) in [6.07, 6.45) is 3.49. The zero-order valence-corrected chi connectivity index (χ0v) is 16.0. The van der Waals surface area contributed by atoms with Gasteiger partial charge in [-0.05, 0) is 43.4 Å². The molecule has 6 nitrogen and oxygen atoms in total. The van der Waals surface area contributed by atoms with Crippen LogP contribution < -0.4 is 20.5 Å². The standard InChI is InChI=1S/C16H25N3O3.HI/c1-21-13-5-4-12(10-14(13)22-2)6-9-18-15(17)19-11-16(20)7-3-8-16;/h4-5,10,20H,3,6-9,11H2,1-2H3,(H3,17,18,19);1H. The van der Waals surface area contributed by atoms with Crippen molar-refractivity contribution in [1.82, 2.24) is 5.32 Å². The summed E-state index contributed by atoms with van der Waals surface area (Å²) in [5.41, 5.74) is 6.30. The largest absolute Gasteiger partial charge is 0.493 e. The Morgan fingerprint density at radius 1 is 1.30 bits per heavy atom. The number of nitrogens with zero attached hydrogens (tertiary/aromatic N) is 1. The van der Waals surface area contributed by atoms with Crippen molar-refractivity contribution in [1.29, 1.82) is 0 Å². The van der Waals surface area contributed by atoms with Gasteiger partial charge in [0, 0.05) is 6.54 Å². The summed E-state index contributed by atoms with van der Waals surface area (Å²) in [4.78, 5) is 4.20. The summed E-state index contributed by atoms with van der Waals surface area (Å²) in [6, 6.07) is 5.83. The zero-order chi connectivity index (χ0) is 16.0. The molecule has 0 bridgehead atoms. The van der Waals surface area contributed by atoms with Gasteiger partial charge in [-0.3, -0.25) is 4.99 Å². The van der Waals surface area contributed by atoms with E-state index in [1.54, 1.807) is 14.2 Å². The highest BCUT2D eigenvalue weighted by atomic mass is 127. The van der Waals surface area contributed by atoms with Crippen LogP contribution in [0.3, 0.4) is 0 Å². The maximum absolute atomic E-state index is 9.95. The Morgan fingerprint density at radius 3 is 2.57 bits per heavy atom. The van der Waals surface area contributed by atoms with Gasteiger partial charge >= 0.3 is 0 Å². The number of guanidine groups is 1. The number of hydrogen-bond acceptors (Lipinski definition) is 4. The molecular formula is C16H26IN3O3. The molecule has 130 valence electrons. The lowest BCUT2D eigenvalue weighted by Gasteiger charge is -2.34. The first-order valence-electron chi connectivity index (χ1n) is 7.53. The highest BCUT2D eigenvalue weighted by Crippen LogP contribution is 2.31. The van der Waals surface area contributed by atoms with Crippen molar-refractivity contribution in [3.8, 4) is 11.5 Å². The fourth-order valence-electron chi connectivity index (χ4n) is 2.40. The Kier molecular flexibility index (Phi) is 7.90. The van der Waals surface area contributed by atoms with Crippen LogP contribution in [0.15, 0.2) is 23.2 Å². The average Bonchev–Trinajstić information content (AvgIpc) is 2.50. The Balaban J connectivity index is 0.00000264. The van der Waals surface area contributed by atoms with Gasteiger partial charge in [-0.2, -0.15) is 0 Å². The van der Waals surface area contributed by atoms with E-state index in [4.69, 9.17) is 15.2 Å². The van der Waals surface area contributed by atoms with Gasteiger partial charge in [0.1, 0.15) is 0 Å². The fourth-order valence-corrected chi connectivity index (χ4v) is 2.40. The number of nitrogens with two attached hydrogens (primary N) is 1. The summed E-state index contributed by atoms with van der Waals surface area (Å²) in [7, 11) is 3.24. The van der Waals surface area contributed by atoms with Gasteiger partial charge in [-0.25, -0.2) is 0 Å². The molecule has 1 saturated carbocycles. The molecule has 0 heterocycles. The van der Waals surface area contributed by atoms with Crippen LogP contribution in [0.25, 0.3) is 0 Å². The molecule has 0 unspecified atom stereocenters. The van der Waals surface area contributed by atoms with Gasteiger partial charge in [0.2, 0.25) is 0 Å². The lowest BCUT2D eigenvalue weighted by molar-refractivity contribution is -0.0235. The molecule has 0 spiro atoms. The molecule has 23 heavy (non-hydrogen) atoms. The van der Waals surface area contributed by atoms with Crippen LogP contribution >= 0.6 is 24.0 Å². The number of hydrogen-bond donors (Lipinski definition) is 3. The van der Waals surface area contributed by atoms with Crippen molar-refractivity contribution in [2.45, 2.75) is 31.3 Å². The van der Waals surface area contributed by atoms with E-state index in [0.29, 0.717) is 30.5 Å². The predicted octanol–water partition coefficient (Wildman–Crippen LogP) is 1.68. The summed E-state index contributed by atoms with van der Waals surface area (Å²) < 4.78 is 10.5. The number of methoxy groups -OCH3 is 2. The van der Waals surface area contributed by atoms with Crippen LogP contribution in [-0.2, 0) is 6.42 Å². The summed E-state index contributed by atoms with van der Waals surface area (Å²) >= 11 is 0. The highest BCUT2D eigenvalue weighted by Gasteiger charge is 2.33. The van der Waals surface area contributed by atoms with Gasteiger partial charge in [0.25, 0.3) is 0 Å². The summed E-state index contributed by atoms with van der Waals surface area (Å²) in [5, 5.41) is 13.0. The number of halogens is 1. The second-order valence-electron chi connectivity index (χ2n) is 5.65. The van der Waals surface area contributed by atoms with Crippen molar-refractivity contribution < 1.29 is 14.6 Å². The number of aliphatic hydroxyl groups is 1. The van der Waals surface area contributed by atoms with Crippen LogP contribution in [0.2, 0.25) is 0 Å². The topological polar surface area (TPSA) is 89.1 Å². The molecule has 0 saturated heterocycles. The molecule has 0 aliphatic heterocycles.